The molecule has 0 saturated carbocycles. The van der Waals surface area contributed by atoms with Crippen LogP contribution >= 0.6 is 35.6 Å². The third-order valence-corrected chi connectivity index (χ3v) is 3.85. The molecule has 0 amide bonds. The van der Waals surface area contributed by atoms with Crippen LogP contribution < -0.4 is 15.4 Å². The smallest absolute Gasteiger partial charge is 0.191 e. The van der Waals surface area contributed by atoms with E-state index in [0.29, 0.717) is 18.2 Å². The number of nitrogens with one attached hydrogen (secondary N) is 2. The molecule has 130 valence electrons. The van der Waals surface area contributed by atoms with Gasteiger partial charge in [-0.05, 0) is 38.0 Å². The van der Waals surface area contributed by atoms with E-state index in [1.807, 2.05) is 18.2 Å². The molecule has 1 aliphatic rings. The summed E-state index contributed by atoms with van der Waals surface area (Å²) in [5, 5.41) is 7.19. The minimum absolute atomic E-state index is 0. The van der Waals surface area contributed by atoms with Gasteiger partial charge in [-0.3, -0.25) is 4.99 Å². The van der Waals surface area contributed by atoms with E-state index in [-0.39, 0.29) is 29.6 Å². The van der Waals surface area contributed by atoms with E-state index >= 15 is 0 Å². The number of benzene rings is 1. The molecule has 1 aromatic carbocycles. The Morgan fingerprint density at radius 3 is 2.91 bits per heavy atom. The zero-order valence-electron chi connectivity index (χ0n) is 13.6. The molecule has 1 fully saturated rings. The van der Waals surface area contributed by atoms with Crippen molar-refractivity contribution < 1.29 is 9.47 Å². The molecule has 0 aliphatic carbocycles. The monoisotopic (exact) mass is 453 g/mol. The number of guanidine groups is 1. The number of hydrogen-bond acceptors (Lipinski definition) is 3. The van der Waals surface area contributed by atoms with Crippen LogP contribution in [-0.2, 0) is 4.74 Å². The molecule has 1 unspecified atom stereocenters. The molecule has 1 aromatic rings. The second-order valence-corrected chi connectivity index (χ2v) is 6.00. The first kappa shape index (κ1) is 20.3. The molecule has 1 aliphatic heterocycles. The molecule has 1 atom stereocenters. The van der Waals surface area contributed by atoms with Gasteiger partial charge in [-0.2, -0.15) is 0 Å². The van der Waals surface area contributed by atoms with Gasteiger partial charge in [-0.15, -0.1) is 24.0 Å². The van der Waals surface area contributed by atoms with Crippen LogP contribution in [0.4, 0.5) is 0 Å². The molecule has 0 spiro atoms. The summed E-state index contributed by atoms with van der Waals surface area (Å²) in [5.74, 6) is 1.52. The summed E-state index contributed by atoms with van der Waals surface area (Å²) in [6.07, 6.45) is 2.20. The van der Waals surface area contributed by atoms with Gasteiger partial charge in [-0.1, -0.05) is 17.7 Å². The van der Waals surface area contributed by atoms with Gasteiger partial charge in [0.2, 0.25) is 0 Å². The first-order chi connectivity index (χ1) is 10.6. The first-order valence-electron chi connectivity index (χ1n) is 7.58. The van der Waals surface area contributed by atoms with Crippen LogP contribution in [-0.4, -0.2) is 44.9 Å². The Morgan fingerprint density at radius 2 is 2.26 bits per heavy atom. The SMILES string of the molecule is CN=C(NCCOc1cccc(Cl)c1)NCC1(C)CCCO1.I. The lowest BCUT2D eigenvalue weighted by molar-refractivity contribution is 0.0243. The molecule has 0 radical (unpaired) electrons. The Kier molecular flexibility index (Phi) is 9.01. The summed E-state index contributed by atoms with van der Waals surface area (Å²) in [4.78, 5) is 4.20. The highest BCUT2D eigenvalue weighted by atomic mass is 127. The quantitative estimate of drug-likeness (QED) is 0.301. The minimum Gasteiger partial charge on any atom is -0.492 e. The summed E-state index contributed by atoms with van der Waals surface area (Å²) in [6, 6.07) is 7.38. The minimum atomic E-state index is -0.0884. The summed E-state index contributed by atoms with van der Waals surface area (Å²) in [5.41, 5.74) is -0.0884. The highest BCUT2D eigenvalue weighted by molar-refractivity contribution is 14.0. The fourth-order valence-electron chi connectivity index (χ4n) is 2.36. The average molecular weight is 454 g/mol. The fraction of sp³-hybridized carbons (Fsp3) is 0.562. The van der Waals surface area contributed by atoms with E-state index in [9.17, 15) is 0 Å². The summed E-state index contributed by atoms with van der Waals surface area (Å²) in [6.45, 7) is 4.92. The lowest BCUT2D eigenvalue weighted by atomic mass is 10.0. The number of hydrogen-bond donors (Lipinski definition) is 2. The average Bonchev–Trinajstić information content (AvgIpc) is 2.94. The summed E-state index contributed by atoms with van der Waals surface area (Å²) < 4.78 is 11.4. The van der Waals surface area contributed by atoms with Crippen molar-refractivity contribution in [2.75, 3.05) is 33.4 Å². The van der Waals surface area contributed by atoms with Gasteiger partial charge in [0.25, 0.3) is 0 Å². The third kappa shape index (κ3) is 7.14. The molecule has 0 bridgehead atoms. The lowest BCUT2D eigenvalue weighted by Gasteiger charge is -2.24. The highest BCUT2D eigenvalue weighted by Crippen LogP contribution is 2.23. The molecule has 23 heavy (non-hydrogen) atoms. The van der Waals surface area contributed by atoms with Crippen LogP contribution in [0.5, 0.6) is 5.75 Å². The van der Waals surface area contributed by atoms with Crippen molar-refractivity contribution in [1.29, 1.82) is 0 Å². The van der Waals surface area contributed by atoms with E-state index in [1.165, 1.54) is 0 Å². The van der Waals surface area contributed by atoms with Crippen molar-refractivity contribution >= 4 is 41.5 Å². The van der Waals surface area contributed by atoms with Crippen molar-refractivity contribution in [1.82, 2.24) is 10.6 Å². The molecule has 5 nitrogen and oxygen atoms in total. The van der Waals surface area contributed by atoms with E-state index < -0.39 is 0 Å². The third-order valence-electron chi connectivity index (χ3n) is 3.61. The van der Waals surface area contributed by atoms with Gasteiger partial charge in [0.05, 0.1) is 12.1 Å². The topological polar surface area (TPSA) is 54.9 Å². The Hall–Kier alpha value is -0.730. The predicted octanol–water partition coefficient (Wildman–Crippen LogP) is 3.07. The molecule has 2 N–H and O–H groups in total. The zero-order valence-corrected chi connectivity index (χ0v) is 16.7. The van der Waals surface area contributed by atoms with Crippen LogP contribution in [0.2, 0.25) is 5.02 Å². The number of rotatable bonds is 6. The Balaban J connectivity index is 0.00000264. The van der Waals surface area contributed by atoms with Crippen LogP contribution in [0.1, 0.15) is 19.8 Å². The maximum absolute atomic E-state index is 5.91. The standard InChI is InChI=1S/C16H24ClN3O2.HI/c1-16(7-4-9-22-16)12-20-15(18-2)19-8-10-21-14-6-3-5-13(17)11-14;/h3,5-6,11H,4,7-10,12H2,1-2H3,(H2,18,19,20);1H. The molecular weight excluding hydrogens is 429 g/mol. The van der Waals surface area contributed by atoms with Gasteiger partial charge >= 0.3 is 0 Å². The van der Waals surface area contributed by atoms with Crippen molar-refractivity contribution in [3.63, 3.8) is 0 Å². The second kappa shape index (κ2) is 10.2. The fourth-order valence-corrected chi connectivity index (χ4v) is 2.54. The molecule has 0 aromatic heterocycles. The normalized spacial score (nSPS) is 20.7. The van der Waals surface area contributed by atoms with E-state index in [0.717, 1.165) is 37.7 Å². The molecule has 1 saturated heterocycles. The van der Waals surface area contributed by atoms with Gasteiger partial charge in [0.15, 0.2) is 5.96 Å². The van der Waals surface area contributed by atoms with Crippen LogP contribution in [0.25, 0.3) is 0 Å². The summed E-state index contributed by atoms with van der Waals surface area (Å²) >= 11 is 5.91. The van der Waals surface area contributed by atoms with Crippen molar-refractivity contribution in [2.24, 2.45) is 4.99 Å². The number of halogens is 2. The number of ether oxygens (including phenoxy) is 2. The van der Waals surface area contributed by atoms with E-state index in [4.69, 9.17) is 21.1 Å². The Bertz CT molecular complexity index is 508. The van der Waals surface area contributed by atoms with E-state index in [2.05, 4.69) is 22.5 Å². The molecule has 1 heterocycles. The van der Waals surface area contributed by atoms with Gasteiger partial charge in [-0.25, -0.2) is 0 Å². The number of nitrogens with zero attached hydrogens (tertiary/aromatic N) is 1. The van der Waals surface area contributed by atoms with Gasteiger partial charge in [0.1, 0.15) is 12.4 Å². The number of aliphatic imine (C=N–C) groups is 1. The lowest BCUT2D eigenvalue weighted by Crippen LogP contribution is -2.46. The van der Waals surface area contributed by atoms with Crippen LogP contribution in [0, 0.1) is 0 Å². The molecule has 7 heteroatoms. The van der Waals surface area contributed by atoms with E-state index in [1.54, 1.807) is 13.1 Å². The molecule has 2 rings (SSSR count). The first-order valence-corrected chi connectivity index (χ1v) is 7.96. The maximum atomic E-state index is 5.91. The Morgan fingerprint density at radius 1 is 1.43 bits per heavy atom. The highest BCUT2D eigenvalue weighted by Gasteiger charge is 2.29. The Labute approximate surface area is 160 Å². The largest absolute Gasteiger partial charge is 0.492 e. The van der Waals surface area contributed by atoms with Crippen LogP contribution in [0.15, 0.2) is 29.3 Å². The van der Waals surface area contributed by atoms with Crippen LogP contribution in [0.3, 0.4) is 0 Å². The zero-order chi connectivity index (χ0) is 15.8. The van der Waals surface area contributed by atoms with Gasteiger partial charge in [0, 0.05) is 25.2 Å². The van der Waals surface area contributed by atoms with Crippen molar-refractivity contribution in [2.45, 2.75) is 25.4 Å². The van der Waals surface area contributed by atoms with Crippen molar-refractivity contribution in [3.05, 3.63) is 29.3 Å². The predicted molar refractivity (Wildman–Crippen MR) is 105 cm³/mol. The van der Waals surface area contributed by atoms with Crippen molar-refractivity contribution in [3.8, 4) is 5.75 Å². The summed E-state index contributed by atoms with van der Waals surface area (Å²) in [7, 11) is 1.75. The second-order valence-electron chi connectivity index (χ2n) is 5.56. The molecular formula is C16H25ClIN3O2. The van der Waals surface area contributed by atoms with Gasteiger partial charge < -0.3 is 20.1 Å². The maximum Gasteiger partial charge on any atom is 0.191 e.